The lowest BCUT2D eigenvalue weighted by Gasteiger charge is -2.43. The molecule has 13 atom stereocenters. The summed E-state index contributed by atoms with van der Waals surface area (Å²) >= 11 is 7.22. The number of aliphatic hydroxyl groups excluding tert-OH is 5. The van der Waals surface area contributed by atoms with Crippen LogP contribution in [0.3, 0.4) is 0 Å². The Morgan fingerprint density at radius 2 is 1.04 bits per heavy atom. The quantitative estimate of drug-likeness (QED) is 0.0107. The molecule has 0 aliphatic carbocycles. The van der Waals surface area contributed by atoms with E-state index in [0.29, 0.717) is 12.2 Å². The third-order valence-corrected chi connectivity index (χ3v) is 18.3. The Balaban J connectivity index is 0.000000681. The van der Waals surface area contributed by atoms with Crippen molar-refractivity contribution in [2.75, 3.05) is 75.4 Å². The van der Waals surface area contributed by atoms with Crippen LogP contribution >= 0.6 is 20.1 Å². The molecule has 3 aromatic heterocycles. The molecule has 9 rings (SSSR count). The Kier molecular flexibility index (Phi) is 36.7. The van der Waals surface area contributed by atoms with E-state index < -0.39 is 134 Å². The summed E-state index contributed by atoms with van der Waals surface area (Å²) in [5, 5.41) is 38.4. The molecule has 6 heterocycles. The normalized spacial score (nSPS) is 23.2. The van der Waals surface area contributed by atoms with Crippen LogP contribution in [-0.4, -0.2) is 204 Å². The topological polar surface area (TPSA) is 346 Å². The maximum Gasteiger partial charge on any atom is 0.328 e. The third-order valence-electron chi connectivity index (χ3n) is 15.5. The van der Waals surface area contributed by atoms with Crippen molar-refractivity contribution in [2.45, 2.75) is 174 Å². The molecule has 32 heteroatoms. The minimum Gasteiger partial charge on any atom is -0.497 e. The van der Waals surface area contributed by atoms with Crippen LogP contribution in [0.2, 0.25) is 0 Å². The van der Waals surface area contributed by atoms with Crippen molar-refractivity contribution in [2.24, 2.45) is 0 Å². The predicted molar refractivity (Wildman–Crippen MR) is 378 cm³/mol. The van der Waals surface area contributed by atoms with E-state index >= 15 is 4.39 Å². The van der Waals surface area contributed by atoms with Gasteiger partial charge in [-0.05, 0) is 110 Å². The number of aromatic nitrogens is 6. The molecule has 3 aromatic carbocycles. The molecular weight excluding hydrogens is 1360 g/mol. The maximum absolute atomic E-state index is 15.9. The number of aliphatic hydroxyl groups is 5. The minimum absolute atomic E-state index is 0. The Morgan fingerprint density at radius 3 is 1.41 bits per heavy atom. The molecule has 9 N–H and O–H groups in total. The van der Waals surface area contributed by atoms with Gasteiger partial charge in [-0.2, -0.15) is 0 Å². The fourth-order valence-corrected chi connectivity index (χ4v) is 12.6. The van der Waals surface area contributed by atoms with Gasteiger partial charge in [0.2, 0.25) is 2.86 Å². The molecule has 13 unspecified atom stereocenters. The van der Waals surface area contributed by atoms with Crippen molar-refractivity contribution in [1.29, 1.82) is 2.86 Å². The van der Waals surface area contributed by atoms with Gasteiger partial charge in [0.25, 0.3) is 16.7 Å². The molecule has 564 valence electrons. The first-order chi connectivity index (χ1) is 48.9. The molecule has 0 spiro atoms. The van der Waals surface area contributed by atoms with Crippen LogP contribution in [0.5, 0.6) is 11.5 Å². The fourth-order valence-electron chi connectivity index (χ4n) is 10.3. The minimum atomic E-state index is -1.77. The lowest BCUT2D eigenvalue weighted by Crippen LogP contribution is -2.52. The highest BCUT2D eigenvalue weighted by Crippen LogP contribution is 2.46. The number of methoxy groups -OCH3 is 2. The zero-order chi connectivity index (χ0) is 77.4. The average molecular weight is 1470 g/mol. The lowest BCUT2D eigenvalue weighted by atomic mass is 9.84. The molecule has 6 aromatic rings. The number of hydrogen-bond donors (Lipinski definition) is 9. The van der Waals surface area contributed by atoms with Crippen LogP contribution < -0.4 is 48.3 Å². The van der Waals surface area contributed by atoms with Gasteiger partial charge in [0, 0.05) is 70.9 Å². The van der Waals surface area contributed by atoms with E-state index in [1.54, 1.807) is 21.1 Å². The van der Waals surface area contributed by atoms with Crippen molar-refractivity contribution in [1.82, 2.24) is 38.4 Å². The number of aryl methyl sites for hydroxylation is 3. The zero-order valence-corrected chi connectivity index (χ0v) is 58.4. The number of halogens is 5. The second-order valence-electron chi connectivity index (χ2n) is 22.4. The van der Waals surface area contributed by atoms with Gasteiger partial charge in [-0.3, -0.25) is 47.4 Å². The number of H-pyrrole nitrogens is 3. The smallest absolute Gasteiger partial charge is 0.328 e. The Bertz CT molecular complexity index is 3650. The van der Waals surface area contributed by atoms with Crippen LogP contribution in [0.1, 0.15) is 119 Å². The molecule has 0 amide bonds. The summed E-state index contributed by atoms with van der Waals surface area (Å²) in [7, 11) is 3.40. The first-order valence-electron chi connectivity index (χ1n) is 33.6. The monoisotopic (exact) mass is 1470 g/mol. The average Bonchev–Trinajstić information content (AvgIpc) is 0.778. The van der Waals surface area contributed by atoms with Crippen LogP contribution in [0.15, 0.2) is 126 Å². The van der Waals surface area contributed by atoms with Gasteiger partial charge in [-0.1, -0.05) is 69.5 Å². The van der Waals surface area contributed by atoms with E-state index in [4.69, 9.17) is 56.6 Å². The zero-order valence-electron chi connectivity index (χ0n) is 61.8. The van der Waals surface area contributed by atoms with Crippen molar-refractivity contribution >= 4 is 20.1 Å². The molecule has 0 saturated carbocycles. The molecule has 3 fully saturated rings. The summed E-state index contributed by atoms with van der Waals surface area (Å²) in [5.74, 6) is 1.61. The highest BCUT2D eigenvalue weighted by molar-refractivity contribution is 7.47. The van der Waals surface area contributed by atoms with E-state index in [1.165, 1.54) is 46.7 Å². The van der Waals surface area contributed by atoms with Crippen molar-refractivity contribution in [3.8, 4) is 11.5 Å². The molecule has 26 nitrogen and oxygen atoms in total. The summed E-state index contributed by atoms with van der Waals surface area (Å²) in [4.78, 5) is 75.5. The van der Waals surface area contributed by atoms with E-state index in [2.05, 4.69) is 34.9 Å². The van der Waals surface area contributed by atoms with Gasteiger partial charge in [-0.15, -0.1) is 11.6 Å². The van der Waals surface area contributed by atoms with Crippen LogP contribution in [0.25, 0.3) is 0 Å². The van der Waals surface area contributed by atoms with Gasteiger partial charge >= 0.3 is 17.1 Å². The predicted octanol–water partition coefficient (Wildman–Crippen LogP) is 6.75. The van der Waals surface area contributed by atoms with Crippen LogP contribution in [0.4, 0.5) is 17.6 Å². The second-order valence-corrected chi connectivity index (χ2v) is 24.5. The number of rotatable bonds is 18. The Labute approximate surface area is 593 Å². The summed E-state index contributed by atoms with van der Waals surface area (Å²) in [5.41, 5.74) is 0.0125. The molecular formula is C68H104ClF4N8O18P. The number of benzene rings is 3. The van der Waals surface area contributed by atoms with Gasteiger partial charge in [0.15, 0.2) is 27.0 Å². The molecule has 100 heavy (non-hydrogen) atoms. The van der Waals surface area contributed by atoms with Crippen molar-refractivity contribution in [3.63, 3.8) is 0 Å². The Morgan fingerprint density at radius 1 is 0.670 bits per heavy atom. The largest absolute Gasteiger partial charge is 0.497 e. The van der Waals surface area contributed by atoms with Crippen LogP contribution in [-0.2, 0) is 28.3 Å². The first-order valence-corrected chi connectivity index (χ1v) is 32.3. The summed E-state index contributed by atoms with van der Waals surface area (Å²) in [6, 6.07) is 23.0. The Hall–Kier alpha value is -6.74. The van der Waals surface area contributed by atoms with Crippen LogP contribution in [0, 0.1) is 20.8 Å². The number of nitrogens with zero attached hydrogens (tertiary/aromatic N) is 4. The van der Waals surface area contributed by atoms with Gasteiger partial charge in [-0.25, -0.2) is 37.3 Å². The molecule has 3 aliphatic heterocycles. The molecule has 3 saturated heterocycles. The van der Waals surface area contributed by atoms with E-state index in [1.807, 2.05) is 113 Å². The maximum atomic E-state index is 15.9. The number of alkyl halides is 5. The van der Waals surface area contributed by atoms with E-state index in [0.717, 1.165) is 41.9 Å². The van der Waals surface area contributed by atoms with Crippen molar-refractivity contribution in [3.05, 3.63) is 193 Å². The highest BCUT2D eigenvalue weighted by atomic mass is 35.5. The van der Waals surface area contributed by atoms with Gasteiger partial charge in [0.05, 0.1) is 79.5 Å². The second kappa shape index (κ2) is 44.6. The SMILES string of the molecule is C.C.COc1ccc(C(Cl)(c2ccccc2)c2ccc(OC)cc2)cc1.Cc1cn(C2COC(CO)C(O)C2F)c(=O)[nH]c1=O.[2H]CC1OCC(n2cc(C)c(=O)[nH]c2=O)C(F)C1O.[2H]CC1OCC(n2cc(C)c(=O)[nH]c2=O)C(F)C1OP(NCOCC)N(C(C)C)C(C)C.[2H]CF.[3H]OC.[3H]OC. The summed E-state index contributed by atoms with van der Waals surface area (Å²) < 4.78 is 129. The van der Waals surface area contributed by atoms with E-state index in [9.17, 15) is 52.2 Å². The summed E-state index contributed by atoms with van der Waals surface area (Å²) in [6.45, 7) is 13.9. The third kappa shape index (κ3) is 23.7. The highest BCUT2D eigenvalue weighted by Gasteiger charge is 2.45. The van der Waals surface area contributed by atoms with Crippen molar-refractivity contribution < 1.29 is 80.2 Å². The number of hydrogen-bond acceptors (Lipinski definition) is 20. The number of nitrogens with one attached hydrogen (secondary N) is 4. The summed E-state index contributed by atoms with van der Waals surface area (Å²) in [6.07, 6.45) is -8.07. The van der Waals surface area contributed by atoms with E-state index in [-0.39, 0.29) is 78.4 Å². The lowest BCUT2D eigenvalue weighted by molar-refractivity contribution is -0.149. The number of aromatic amines is 3. The molecule has 0 radical (unpaired) electrons. The molecule has 3 aliphatic rings. The molecule has 0 bridgehead atoms. The van der Waals surface area contributed by atoms with Gasteiger partial charge < -0.3 is 58.5 Å². The van der Waals surface area contributed by atoms with Gasteiger partial charge in [0.1, 0.15) is 47.5 Å². The number of ether oxygens (including phenoxy) is 6. The fraction of sp³-hybridized carbons (Fsp3) is 0.559. The standard InChI is InChI=1S/C21H19ClO2.C20H36FN4O5P.C11H15FN2O5.C11H15FN2O4.CH3F.2CH4O.2CH4/c1-23-19-12-8-17(9-13-19)21(22,16-6-4-3-5-7-16)18-10-14-20(24-2)15-11-18;1-8-28-11-22-31(25(12(2)3)13(4)5)30-18-15(7)29-10-16(17(18)21)24-9-14(6)19(26)23-20(24)27;1-5-2-14(11(18)13-10(5)17)6-4-19-7(3-15)9(16)8(6)12;1-5-3-14(11(17)13-10(5)16)7-4-18-6(2)9(15)8(7)12;3*1-2;;/h3-15H,1-2H3;9,12-13,15-18,22H,8,10-11H2,1-7H3,(H,23,26,27);2,6-9,15-16H,3-4H2,1H3,(H,13,17,18);3,6-9,15H,4H2,1-2H3,(H,13,16,17);1H3;2*2H,1H3;2*1H4/i;7D;;2D;1D;2*2T;;. The first kappa shape index (κ1) is 82.2.